The lowest BCUT2D eigenvalue weighted by molar-refractivity contribution is -0.118. The second kappa shape index (κ2) is 5.19. The largest absolute Gasteiger partial charge is 0.357 e. The zero-order valence-corrected chi connectivity index (χ0v) is 11.3. The average molecular weight is 263 g/mol. The standard InChI is InChI=1S/C11H16Cl2N2O/c1-4-8-11(5-2,10(13)16)15(6-3)7-9(12)14-8/h7H,4-6H2,1-3H3. The summed E-state index contributed by atoms with van der Waals surface area (Å²) in [6.07, 6.45) is 2.94. The van der Waals surface area contributed by atoms with E-state index in [4.69, 9.17) is 23.2 Å². The molecule has 0 N–H and O–H groups in total. The van der Waals surface area contributed by atoms with Gasteiger partial charge in [-0.15, -0.1) is 0 Å². The smallest absolute Gasteiger partial charge is 0.253 e. The van der Waals surface area contributed by atoms with Crippen molar-refractivity contribution >= 4 is 34.2 Å². The molecule has 90 valence electrons. The van der Waals surface area contributed by atoms with E-state index in [9.17, 15) is 4.79 Å². The van der Waals surface area contributed by atoms with Gasteiger partial charge in [0.15, 0.2) is 5.54 Å². The van der Waals surface area contributed by atoms with Crippen molar-refractivity contribution in [1.29, 1.82) is 0 Å². The van der Waals surface area contributed by atoms with Crippen LogP contribution in [0.1, 0.15) is 33.6 Å². The summed E-state index contributed by atoms with van der Waals surface area (Å²) in [5.74, 6) is 0. The Morgan fingerprint density at radius 1 is 1.50 bits per heavy atom. The van der Waals surface area contributed by atoms with Gasteiger partial charge in [-0.2, -0.15) is 0 Å². The molecule has 0 bridgehead atoms. The minimum Gasteiger partial charge on any atom is -0.357 e. The van der Waals surface area contributed by atoms with E-state index >= 15 is 0 Å². The zero-order chi connectivity index (χ0) is 12.3. The zero-order valence-electron chi connectivity index (χ0n) is 9.76. The van der Waals surface area contributed by atoms with Crippen molar-refractivity contribution in [2.75, 3.05) is 6.54 Å². The van der Waals surface area contributed by atoms with Crippen LogP contribution in [0.3, 0.4) is 0 Å². The molecule has 5 heteroatoms. The van der Waals surface area contributed by atoms with E-state index in [0.717, 1.165) is 5.71 Å². The number of hydrogen-bond donors (Lipinski definition) is 0. The van der Waals surface area contributed by atoms with E-state index in [2.05, 4.69) is 4.99 Å². The molecule has 16 heavy (non-hydrogen) atoms. The second-order valence-electron chi connectivity index (χ2n) is 3.64. The number of halogens is 2. The molecule has 1 aliphatic rings. The Balaban J connectivity index is 3.31. The normalized spacial score (nSPS) is 25.2. The summed E-state index contributed by atoms with van der Waals surface area (Å²) in [4.78, 5) is 17.9. The third-order valence-electron chi connectivity index (χ3n) is 2.98. The van der Waals surface area contributed by atoms with Crippen molar-refractivity contribution in [3.63, 3.8) is 0 Å². The fourth-order valence-corrected chi connectivity index (χ4v) is 2.73. The molecule has 0 aliphatic carbocycles. The molecule has 1 unspecified atom stereocenters. The highest BCUT2D eigenvalue weighted by Crippen LogP contribution is 2.32. The minimum atomic E-state index is -0.816. The Morgan fingerprint density at radius 3 is 2.50 bits per heavy atom. The van der Waals surface area contributed by atoms with E-state index in [1.807, 2.05) is 25.7 Å². The van der Waals surface area contributed by atoms with E-state index in [1.165, 1.54) is 0 Å². The maximum atomic E-state index is 11.8. The summed E-state index contributed by atoms with van der Waals surface area (Å²) in [5.41, 5.74) is -0.0759. The van der Waals surface area contributed by atoms with E-state index in [0.29, 0.717) is 24.5 Å². The molecule has 0 saturated carbocycles. The van der Waals surface area contributed by atoms with Crippen LogP contribution in [0, 0.1) is 0 Å². The summed E-state index contributed by atoms with van der Waals surface area (Å²) >= 11 is 11.7. The average Bonchev–Trinajstić information content (AvgIpc) is 2.27. The molecule has 1 aliphatic heterocycles. The fraction of sp³-hybridized carbons (Fsp3) is 0.636. The number of rotatable bonds is 4. The van der Waals surface area contributed by atoms with E-state index in [-0.39, 0.29) is 0 Å². The van der Waals surface area contributed by atoms with Gasteiger partial charge >= 0.3 is 0 Å². The van der Waals surface area contributed by atoms with Gasteiger partial charge in [0.2, 0.25) is 0 Å². The number of likely N-dealkylation sites (N-methyl/N-ethyl adjacent to an activating group) is 1. The lowest BCUT2D eigenvalue weighted by Gasteiger charge is -2.42. The van der Waals surface area contributed by atoms with Crippen molar-refractivity contribution in [3.05, 3.63) is 11.4 Å². The van der Waals surface area contributed by atoms with Crippen molar-refractivity contribution in [3.8, 4) is 0 Å². The van der Waals surface area contributed by atoms with Gasteiger partial charge in [-0.05, 0) is 31.4 Å². The van der Waals surface area contributed by atoms with Crippen molar-refractivity contribution < 1.29 is 4.79 Å². The predicted octanol–water partition coefficient (Wildman–Crippen LogP) is 3.12. The first-order chi connectivity index (χ1) is 7.52. The monoisotopic (exact) mass is 262 g/mol. The minimum absolute atomic E-state index is 0.391. The van der Waals surface area contributed by atoms with Gasteiger partial charge in [-0.25, -0.2) is 4.99 Å². The molecule has 1 heterocycles. The maximum Gasteiger partial charge on any atom is 0.253 e. The van der Waals surface area contributed by atoms with Crippen molar-refractivity contribution in [2.45, 2.75) is 39.2 Å². The van der Waals surface area contributed by atoms with Gasteiger partial charge in [-0.1, -0.05) is 25.4 Å². The Kier molecular flexibility index (Phi) is 4.39. The molecule has 0 aromatic carbocycles. The Morgan fingerprint density at radius 2 is 2.12 bits per heavy atom. The molecule has 0 fully saturated rings. The van der Waals surface area contributed by atoms with Crippen LogP contribution in [-0.2, 0) is 4.79 Å². The van der Waals surface area contributed by atoms with Crippen LogP contribution in [0.15, 0.2) is 16.3 Å². The highest BCUT2D eigenvalue weighted by molar-refractivity contribution is 6.68. The molecule has 0 radical (unpaired) electrons. The van der Waals surface area contributed by atoms with Gasteiger partial charge in [0.25, 0.3) is 5.24 Å². The van der Waals surface area contributed by atoms with Crippen LogP contribution in [0.25, 0.3) is 0 Å². The molecule has 0 aromatic rings. The Hall–Kier alpha value is -0.540. The molecule has 1 atom stereocenters. The first-order valence-corrected chi connectivity index (χ1v) is 6.20. The summed E-state index contributed by atoms with van der Waals surface area (Å²) in [6.45, 7) is 6.51. The summed E-state index contributed by atoms with van der Waals surface area (Å²) in [5, 5.41) is 0.0126. The molecular weight excluding hydrogens is 247 g/mol. The number of carbonyl (C=O) groups excluding carboxylic acids is 1. The van der Waals surface area contributed by atoms with Gasteiger partial charge in [-0.3, -0.25) is 4.79 Å². The number of aliphatic imine (C=N–C) groups is 1. The van der Waals surface area contributed by atoms with Crippen LogP contribution < -0.4 is 0 Å². The maximum absolute atomic E-state index is 11.8. The van der Waals surface area contributed by atoms with E-state index < -0.39 is 10.8 Å². The van der Waals surface area contributed by atoms with Crippen LogP contribution in [-0.4, -0.2) is 27.9 Å². The van der Waals surface area contributed by atoms with Gasteiger partial charge in [0.1, 0.15) is 5.16 Å². The number of carbonyl (C=O) groups is 1. The topological polar surface area (TPSA) is 32.7 Å². The highest BCUT2D eigenvalue weighted by Gasteiger charge is 2.45. The predicted molar refractivity (Wildman–Crippen MR) is 67.9 cm³/mol. The van der Waals surface area contributed by atoms with Crippen LogP contribution in [0.4, 0.5) is 0 Å². The van der Waals surface area contributed by atoms with Crippen LogP contribution >= 0.6 is 23.2 Å². The molecule has 0 amide bonds. The Labute approximate surface area is 106 Å². The van der Waals surface area contributed by atoms with Gasteiger partial charge in [0.05, 0.1) is 5.71 Å². The van der Waals surface area contributed by atoms with Crippen molar-refractivity contribution in [2.24, 2.45) is 4.99 Å². The number of nitrogens with zero attached hydrogens (tertiary/aromatic N) is 2. The third-order valence-corrected chi connectivity index (χ3v) is 3.48. The molecular formula is C11H16Cl2N2O. The molecule has 3 nitrogen and oxygen atoms in total. The molecule has 0 spiro atoms. The van der Waals surface area contributed by atoms with Crippen molar-refractivity contribution in [1.82, 2.24) is 4.90 Å². The van der Waals surface area contributed by atoms with Crippen LogP contribution in [0.2, 0.25) is 0 Å². The molecule has 0 aromatic heterocycles. The number of hydrogen-bond acceptors (Lipinski definition) is 3. The summed E-state index contributed by atoms with van der Waals surface area (Å²) < 4.78 is 0. The second-order valence-corrected chi connectivity index (χ2v) is 4.37. The van der Waals surface area contributed by atoms with E-state index in [1.54, 1.807) is 6.20 Å². The fourth-order valence-electron chi connectivity index (χ4n) is 2.16. The summed E-state index contributed by atoms with van der Waals surface area (Å²) in [6, 6.07) is 0. The van der Waals surface area contributed by atoms with Crippen LogP contribution in [0.5, 0.6) is 0 Å². The lowest BCUT2D eigenvalue weighted by atomic mass is 9.87. The third kappa shape index (κ3) is 1.98. The summed E-state index contributed by atoms with van der Waals surface area (Å²) in [7, 11) is 0. The quantitative estimate of drug-likeness (QED) is 0.576. The highest BCUT2D eigenvalue weighted by atomic mass is 35.5. The lowest BCUT2D eigenvalue weighted by Crippen LogP contribution is -2.57. The molecule has 0 saturated heterocycles. The molecule has 1 rings (SSSR count). The van der Waals surface area contributed by atoms with Gasteiger partial charge < -0.3 is 4.90 Å². The first-order valence-electron chi connectivity index (χ1n) is 5.44. The van der Waals surface area contributed by atoms with Gasteiger partial charge in [0, 0.05) is 12.7 Å². The Bertz CT molecular complexity index is 352. The SMILES string of the molecule is CCC1=NC(Cl)=CN(CC)C1(CC)C(=O)Cl. The first kappa shape index (κ1) is 13.5.